The third-order valence-corrected chi connectivity index (χ3v) is 4.08. The lowest BCUT2D eigenvalue weighted by Gasteiger charge is -2.02. The Hall–Kier alpha value is -0.750. The summed E-state index contributed by atoms with van der Waals surface area (Å²) in [5.41, 5.74) is 1.64. The third kappa shape index (κ3) is 2.74. The van der Waals surface area contributed by atoms with Crippen molar-refractivity contribution in [3.8, 4) is 5.69 Å². The molecular formula is C11H10Br2FN3. The van der Waals surface area contributed by atoms with Gasteiger partial charge in [-0.1, -0.05) is 28.1 Å². The number of aromatic nitrogens is 3. The van der Waals surface area contributed by atoms with Crippen LogP contribution in [0.4, 0.5) is 4.39 Å². The minimum absolute atomic E-state index is 0.195. The third-order valence-electron chi connectivity index (χ3n) is 2.36. The Balaban J connectivity index is 2.33. The predicted octanol–water partition coefficient (Wildman–Crippen LogP) is 4.01. The van der Waals surface area contributed by atoms with Gasteiger partial charge in [0.15, 0.2) is 0 Å². The fourth-order valence-electron chi connectivity index (χ4n) is 1.38. The van der Waals surface area contributed by atoms with Crippen LogP contribution in [0.5, 0.6) is 0 Å². The van der Waals surface area contributed by atoms with E-state index < -0.39 is 0 Å². The molecule has 1 atom stereocenters. The predicted molar refractivity (Wildman–Crippen MR) is 71.0 cm³/mol. The van der Waals surface area contributed by atoms with E-state index in [1.807, 2.05) is 6.20 Å². The Labute approximate surface area is 115 Å². The van der Waals surface area contributed by atoms with Gasteiger partial charge >= 0.3 is 0 Å². The van der Waals surface area contributed by atoms with Crippen molar-refractivity contribution in [2.45, 2.75) is 18.2 Å². The normalized spacial score (nSPS) is 12.7. The van der Waals surface area contributed by atoms with Crippen LogP contribution in [0.2, 0.25) is 0 Å². The van der Waals surface area contributed by atoms with Crippen LogP contribution in [0.1, 0.15) is 23.9 Å². The van der Waals surface area contributed by atoms with Gasteiger partial charge < -0.3 is 0 Å². The van der Waals surface area contributed by atoms with Gasteiger partial charge in [-0.05, 0) is 40.5 Å². The zero-order valence-corrected chi connectivity index (χ0v) is 12.2. The fourth-order valence-corrected chi connectivity index (χ4v) is 1.96. The lowest BCUT2D eigenvalue weighted by Crippen LogP contribution is -1.95. The Kier molecular flexibility index (Phi) is 3.93. The molecule has 2 aromatic rings. The van der Waals surface area contributed by atoms with Gasteiger partial charge in [0.1, 0.15) is 5.82 Å². The first-order chi connectivity index (χ1) is 8.11. The van der Waals surface area contributed by atoms with E-state index in [1.54, 1.807) is 16.8 Å². The van der Waals surface area contributed by atoms with Gasteiger partial charge in [0, 0.05) is 0 Å². The van der Waals surface area contributed by atoms with E-state index in [1.165, 1.54) is 6.07 Å². The van der Waals surface area contributed by atoms with Gasteiger partial charge in [0.25, 0.3) is 0 Å². The molecule has 0 saturated heterocycles. The lowest BCUT2D eigenvalue weighted by atomic mass is 10.3. The van der Waals surface area contributed by atoms with Crippen molar-refractivity contribution >= 4 is 31.9 Å². The van der Waals surface area contributed by atoms with E-state index in [9.17, 15) is 4.39 Å². The second kappa shape index (κ2) is 5.27. The Bertz CT molecular complexity index is 527. The number of halogens is 3. The van der Waals surface area contributed by atoms with E-state index in [0.29, 0.717) is 4.47 Å². The van der Waals surface area contributed by atoms with Crippen LogP contribution in [0.15, 0.2) is 28.9 Å². The number of hydrogen-bond acceptors (Lipinski definition) is 2. The molecule has 0 N–H and O–H groups in total. The van der Waals surface area contributed by atoms with Crippen molar-refractivity contribution in [2.24, 2.45) is 0 Å². The first-order valence-electron chi connectivity index (χ1n) is 5.13. The molecule has 90 valence electrons. The Morgan fingerprint density at radius 2 is 2.24 bits per heavy atom. The quantitative estimate of drug-likeness (QED) is 0.772. The molecule has 1 aromatic carbocycles. The molecular weight excluding hydrogens is 353 g/mol. The van der Waals surface area contributed by atoms with E-state index in [4.69, 9.17) is 0 Å². The average Bonchev–Trinajstić information content (AvgIpc) is 2.81. The SMILES string of the molecule is CCC(Br)c1cn(-c2ccc(F)c(Br)c2)nn1. The number of alkyl halides is 1. The molecule has 1 heterocycles. The van der Waals surface area contributed by atoms with Crippen molar-refractivity contribution in [1.82, 2.24) is 15.0 Å². The molecule has 0 fully saturated rings. The van der Waals surface area contributed by atoms with Crippen LogP contribution >= 0.6 is 31.9 Å². The summed E-state index contributed by atoms with van der Waals surface area (Å²) in [4.78, 5) is 0.195. The number of hydrogen-bond donors (Lipinski definition) is 0. The number of benzene rings is 1. The molecule has 0 radical (unpaired) electrons. The summed E-state index contributed by atoms with van der Waals surface area (Å²) in [6.07, 6.45) is 2.77. The van der Waals surface area contributed by atoms with Gasteiger partial charge in [-0.15, -0.1) is 5.10 Å². The second-order valence-corrected chi connectivity index (χ2v) is 5.52. The van der Waals surface area contributed by atoms with Gasteiger partial charge in [-0.25, -0.2) is 9.07 Å². The van der Waals surface area contributed by atoms with Crippen molar-refractivity contribution in [3.05, 3.63) is 40.4 Å². The van der Waals surface area contributed by atoms with Crippen LogP contribution in [-0.4, -0.2) is 15.0 Å². The summed E-state index contributed by atoms with van der Waals surface area (Å²) in [6.45, 7) is 2.06. The standard InChI is InChI=1S/C11H10Br2FN3/c1-2-8(12)11-6-17(16-15-11)7-3-4-10(14)9(13)5-7/h3-6,8H,2H2,1H3. The first kappa shape index (κ1) is 12.7. The molecule has 0 aliphatic carbocycles. The lowest BCUT2D eigenvalue weighted by molar-refractivity contribution is 0.620. The highest BCUT2D eigenvalue weighted by Gasteiger charge is 2.11. The second-order valence-electron chi connectivity index (χ2n) is 3.56. The minimum Gasteiger partial charge on any atom is -0.220 e. The molecule has 0 aliphatic heterocycles. The highest BCUT2D eigenvalue weighted by molar-refractivity contribution is 9.10. The molecule has 6 heteroatoms. The summed E-state index contributed by atoms with van der Waals surface area (Å²) in [6, 6.07) is 4.73. The monoisotopic (exact) mass is 361 g/mol. The largest absolute Gasteiger partial charge is 0.220 e. The highest BCUT2D eigenvalue weighted by atomic mass is 79.9. The van der Waals surface area contributed by atoms with E-state index in [2.05, 4.69) is 49.1 Å². The molecule has 3 nitrogen and oxygen atoms in total. The molecule has 0 spiro atoms. The summed E-state index contributed by atoms with van der Waals surface area (Å²) >= 11 is 6.66. The summed E-state index contributed by atoms with van der Waals surface area (Å²) in [5, 5.41) is 8.09. The van der Waals surface area contributed by atoms with E-state index >= 15 is 0 Å². The van der Waals surface area contributed by atoms with Crippen LogP contribution < -0.4 is 0 Å². The van der Waals surface area contributed by atoms with Crippen molar-refractivity contribution < 1.29 is 4.39 Å². The van der Waals surface area contributed by atoms with E-state index in [0.717, 1.165) is 17.8 Å². The van der Waals surface area contributed by atoms with Crippen LogP contribution in [0, 0.1) is 5.82 Å². The molecule has 0 bridgehead atoms. The van der Waals surface area contributed by atoms with Crippen LogP contribution in [-0.2, 0) is 0 Å². The molecule has 2 rings (SSSR count). The molecule has 1 unspecified atom stereocenters. The minimum atomic E-state index is -0.291. The van der Waals surface area contributed by atoms with Gasteiger partial charge in [-0.3, -0.25) is 0 Å². The molecule has 0 amide bonds. The number of rotatable bonds is 3. The fraction of sp³-hybridized carbons (Fsp3) is 0.273. The first-order valence-corrected chi connectivity index (χ1v) is 6.84. The van der Waals surface area contributed by atoms with Crippen molar-refractivity contribution in [1.29, 1.82) is 0 Å². The Morgan fingerprint density at radius 3 is 2.88 bits per heavy atom. The zero-order valence-electron chi connectivity index (χ0n) is 9.07. The maximum atomic E-state index is 13.1. The molecule has 1 aromatic heterocycles. The maximum Gasteiger partial charge on any atom is 0.137 e. The van der Waals surface area contributed by atoms with Gasteiger partial charge in [0.05, 0.1) is 26.9 Å². The van der Waals surface area contributed by atoms with Crippen molar-refractivity contribution in [3.63, 3.8) is 0 Å². The zero-order chi connectivity index (χ0) is 12.4. The summed E-state index contributed by atoms with van der Waals surface area (Å²) < 4.78 is 15.1. The summed E-state index contributed by atoms with van der Waals surface area (Å²) in [5.74, 6) is -0.291. The van der Waals surface area contributed by atoms with Crippen molar-refractivity contribution in [2.75, 3.05) is 0 Å². The van der Waals surface area contributed by atoms with Crippen LogP contribution in [0.25, 0.3) is 5.69 Å². The van der Waals surface area contributed by atoms with Crippen LogP contribution in [0.3, 0.4) is 0 Å². The highest BCUT2D eigenvalue weighted by Crippen LogP contribution is 2.25. The smallest absolute Gasteiger partial charge is 0.137 e. The molecule has 0 aliphatic rings. The Morgan fingerprint density at radius 1 is 1.47 bits per heavy atom. The molecule has 0 saturated carbocycles. The summed E-state index contributed by atoms with van der Waals surface area (Å²) in [7, 11) is 0. The van der Waals surface area contributed by atoms with Gasteiger partial charge in [0.2, 0.25) is 0 Å². The maximum absolute atomic E-state index is 13.1. The topological polar surface area (TPSA) is 30.7 Å². The number of nitrogens with zero attached hydrogens (tertiary/aromatic N) is 3. The van der Waals surface area contributed by atoms with Gasteiger partial charge in [-0.2, -0.15) is 0 Å². The molecule has 17 heavy (non-hydrogen) atoms. The van der Waals surface area contributed by atoms with E-state index in [-0.39, 0.29) is 10.6 Å². The average molecular weight is 363 g/mol.